The van der Waals surface area contributed by atoms with E-state index in [4.69, 9.17) is 0 Å². The van der Waals surface area contributed by atoms with Gasteiger partial charge in [-0.3, -0.25) is 0 Å². The first kappa shape index (κ1) is 42.1. The van der Waals surface area contributed by atoms with E-state index in [9.17, 15) is 0 Å². The minimum absolute atomic E-state index is 0.00841. The van der Waals surface area contributed by atoms with Gasteiger partial charge >= 0.3 is 0 Å². The molecule has 1 heterocycles. The molecule has 2 nitrogen and oxygen atoms in total. The molecule has 0 aliphatic heterocycles. The number of hydrogen-bond donors (Lipinski definition) is 0. The molecule has 0 fully saturated rings. The first-order chi connectivity index (χ1) is 24.7. The molecule has 3 rings (SSSR count). The van der Waals surface area contributed by atoms with Gasteiger partial charge in [-0.15, -0.1) is 0 Å². The average Bonchev–Trinajstić information content (AvgIpc) is 3.61. The Kier molecular flexibility index (Phi) is 23.0. The second kappa shape index (κ2) is 27.3. The lowest BCUT2D eigenvalue weighted by atomic mass is 9.70. The van der Waals surface area contributed by atoms with Crippen LogP contribution in [0.25, 0.3) is 0 Å². The molecule has 0 aliphatic carbocycles. The van der Waals surface area contributed by atoms with Crippen LogP contribution in [0.4, 0.5) is 0 Å². The van der Waals surface area contributed by atoms with E-state index in [1.54, 1.807) is 0 Å². The highest BCUT2D eigenvalue weighted by Gasteiger charge is 2.40. The average molecular weight is 684 g/mol. The third kappa shape index (κ3) is 17.2. The van der Waals surface area contributed by atoms with Crippen molar-refractivity contribution in [3.63, 3.8) is 0 Å². The quantitative estimate of drug-likeness (QED) is 0.0457. The molecule has 0 aliphatic rings. The summed E-state index contributed by atoms with van der Waals surface area (Å²) in [5, 5.41) is 0. The molecule has 2 atom stereocenters. The molecule has 0 saturated carbocycles. The maximum Gasteiger partial charge on any atom is 0.244 e. The summed E-state index contributed by atoms with van der Waals surface area (Å²) in [6.07, 6.45) is 44.7. The molecule has 3 aromatic rings. The Bertz CT molecular complexity index is 1170. The van der Waals surface area contributed by atoms with Crippen LogP contribution in [0.15, 0.2) is 79.4 Å². The number of nitrogens with zero attached hydrogens (tertiary/aromatic N) is 2. The highest BCUT2D eigenvalue weighted by atomic mass is 15.1. The first-order valence-corrected chi connectivity index (χ1v) is 21.8. The predicted octanol–water partition coefficient (Wildman–Crippen LogP) is 14.7. The highest BCUT2D eigenvalue weighted by molar-refractivity contribution is 5.30. The molecular weight excluding hydrogens is 605 g/mol. The number of aromatic nitrogens is 2. The molecule has 2 heteroatoms. The lowest BCUT2D eigenvalue weighted by molar-refractivity contribution is -0.697. The lowest BCUT2D eigenvalue weighted by Crippen LogP contribution is -2.38. The minimum Gasteiger partial charge on any atom is -0.237 e. The Balaban J connectivity index is 1.45. The van der Waals surface area contributed by atoms with E-state index in [0.29, 0.717) is 6.04 Å². The van der Waals surface area contributed by atoms with Gasteiger partial charge in [0.1, 0.15) is 18.4 Å². The van der Waals surface area contributed by atoms with E-state index in [-0.39, 0.29) is 5.41 Å². The van der Waals surface area contributed by atoms with Crippen molar-refractivity contribution in [3.05, 3.63) is 90.5 Å². The molecular formula is C48H79N2+. The van der Waals surface area contributed by atoms with Gasteiger partial charge in [-0.1, -0.05) is 223 Å². The van der Waals surface area contributed by atoms with Gasteiger partial charge in [0.05, 0.1) is 6.54 Å². The Morgan fingerprint density at radius 1 is 0.520 bits per heavy atom. The van der Waals surface area contributed by atoms with Crippen LogP contribution >= 0.6 is 0 Å². The fraction of sp³-hybridized carbons (Fsp3) is 0.688. The van der Waals surface area contributed by atoms with Crippen LogP contribution in [0.3, 0.4) is 0 Å². The summed E-state index contributed by atoms with van der Waals surface area (Å²) in [6.45, 7) is 8.29. The predicted molar refractivity (Wildman–Crippen MR) is 219 cm³/mol. The standard InChI is InChI=1S/C48H79N2/c1-4-6-8-10-12-14-15-16-17-18-19-20-21-22-24-26-34-40-49-41-42-50(44-49)47(39-33-25-23-13-11-9-7-5-2)48(3,46-37-31-28-32-38-46)43-45-35-29-27-30-36-45/h27-32,35-38,41-42,44,47H,4-26,33-34,39-40,43H2,1-3H3/q+1. The van der Waals surface area contributed by atoms with Gasteiger partial charge in [0.15, 0.2) is 0 Å². The van der Waals surface area contributed by atoms with E-state index >= 15 is 0 Å². The van der Waals surface area contributed by atoms with Crippen molar-refractivity contribution in [3.8, 4) is 0 Å². The SMILES string of the molecule is CCCCCCCCCCCCCCCCCCC[n+]1ccn(C(CCCCCCCCCC)C(C)(Cc2ccccc2)c2ccccc2)c1. The zero-order valence-electron chi connectivity index (χ0n) is 33.3. The van der Waals surface area contributed by atoms with Gasteiger partial charge in [0, 0.05) is 5.41 Å². The summed E-state index contributed by atoms with van der Waals surface area (Å²) in [5.41, 5.74) is 2.90. The molecule has 2 unspecified atom stereocenters. The molecule has 0 radical (unpaired) electrons. The lowest BCUT2D eigenvalue weighted by Gasteiger charge is -2.37. The number of benzene rings is 2. The van der Waals surface area contributed by atoms with Crippen LogP contribution in [0.2, 0.25) is 0 Å². The monoisotopic (exact) mass is 684 g/mol. The van der Waals surface area contributed by atoms with Crippen molar-refractivity contribution >= 4 is 0 Å². The van der Waals surface area contributed by atoms with E-state index in [0.717, 1.165) is 13.0 Å². The molecule has 0 amide bonds. The van der Waals surface area contributed by atoms with Crippen LogP contribution in [0.1, 0.15) is 205 Å². The summed E-state index contributed by atoms with van der Waals surface area (Å²) in [4.78, 5) is 0. The first-order valence-electron chi connectivity index (χ1n) is 21.8. The molecule has 0 saturated heterocycles. The number of aryl methyl sites for hydroxylation is 1. The van der Waals surface area contributed by atoms with Crippen LogP contribution in [0.5, 0.6) is 0 Å². The second-order valence-electron chi connectivity index (χ2n) is 16.0. The van der Waals surface area contributed by atoms with Gasteiger partial charge in [0.25, 0.3) is 0 Å². The fourth-order valence-corrected chi connectivity index (χ4v) is 8.27. The summed E-state index contributed by atoms with van der Waals surface area (Å²) < 4.78 is 5.06. The normalized spacial score (nSPS) is 13.4. The fourth-order valence-electron chi connectivity index (χ4n) is 8.27. The number of hydrogen-bond acceptors (Lipinski definition) is 0. The van der Waals surface area contributed by atoms with Crippen molar-refractivity contribution in [1.82, 2.24) is 4.57 Å². The van der Waals surface area contributed by atoms with Crippen LogP contribution in [-0.4, -0.2) is 4.57 Å². The molecule has 0 N–H and O–H groups in total. The number of imidazole rings is 1. The van der Waals surface area contributed by atoms with Gasteiger partial charge in [0.2, 0.25) is 6.33 Å². The van der Waals surface area contributed by atoms with Crippen molar-refractivity contribution in [2.75, 3.05) is 0 Å². The molecule has 280 valence electrons. The Labute approximate surface area is 310 Å². The number of rotatable bonds is 32. The molecule has 1 aromatic heterocycles. The second-order valence-corrected chi connectivity index (χ2v) is 16.0. The van der Waals surface area contributed by atoms with Gasteiger partial charge in [-0.05, 0) is 43.2 Å². The topological polar surface area (TPSA) is 8.81 Å². The summed E-state index contributed by atoms with van der Waals surface area (Å²) >= 11 is 0. The summed E-state index contributed by atoms with van der Waals surface area (Å²) in [5.74, 6) is 0. The molecule has 0 bridgehead atoms. The third-order valence-electron chi connectivity index (χ3n) is 11.5. The Morgan fingerprint density at radius 2 is 0.940 bits per heavy atom. The van der Waals surface area contributed by atoms with Crippen LogP contribution in [-0.2, 0) is 18.4 Å². The van der Waals surface area contributed by atoms with E-state index in [2.05, 4.69) is 109 Å². The van der Waals surface area contributed by atoms with E-state index < -0.39 is 0 Å². The van der Waals surface area contributed by atoms with E-state index in [1.165, 1.54) is 178 Å². The summed E-state index contributed by atoms with van der Waals surface area (Å²) in [7, 11) is 0. The molecule has 0 spiro atoms. The van der Waals surface area contributed by atoms with Crippen LogP contribution in [0, 0.1) is 0 Å². The highest BCUT2D eigenvalue weighted by Crippen LogP contribution is 2.41. The Hall–Kier alpha value is -2.35. The third-order valence-corrected chi connectivity index (χ3v) is 11.5. The molecule has 50 heavy (non-hydrogen) atoms. The minimum atomic E-state index is 0.00841. The zero-order valence-corrected chi connectivity index (χ0v) is 33.3. The molecule has 2 aromatic carbocycles. The van der Waals surface area contributed by atoms with Gasteiger partial charge in [-0.25, -0.2) is 9.13 Å². The summed E-state index contributed by atoms with van der Waals surface area (Å²) in [6, 6.07) is 23.0. The van der Waals surface area contributed by atoms with Crippen molar-refractivity contribution < 1.29 is 4.57 Å². The van der Waals surface area contributed by atoms with E-state index in [1.807, 2.05) is 0 Å². The Morgan fingerprint density at radius 3 is 1.42 bits per heavy atom. The van der Waals surface area contributed by atoms with Gasteiger partial charge < -0.3 is 0 Å². The largest absolute Gasteiger partial charge is 0.244 e. The smallest absolute Gasteiger partial charge is 0.237 e. The number of unbranched alkanes of at least 4 members (excludes halogenated alkanes) is 23. The maximum atomic E-state index is 2.59. The van der Waals surface area contributed by atoms with Crippen LogP contribution < -0.4 is 4.57 Å². The van der Waals surface area contributed by atoms with Gasteiger partial charge in [-0.2, -0.15) is 0 Å². The van der Waals surface area contributed by atoms with Crippen molar-refractivity contribution in [2.45, 2.75) is 212 Å². The van der Waals surface area contributed by atoms with Crippen molar-refractivity contribution in [1.29, 1.82) is 0 Å². The zero-order chi connectivity index (χ0) is 35.4. The van der Waals surface area contributed by atoms with Crippen molar-refractivity contribution in [2.24, 2.45) is 0 Å². The maximum absolute atomic E-state index is 2.59.